The fourth-order valence-corrected chi connectivity index (χ4v) is 0.245. The molecule has 0 saturated carbocycles. The lowest BCUT2D eigenvalue weighted by atomic mass is 11.7. The largest absolute Gasteiger partial charge is 0.363 e. The van der Waals surface area contributed by atoms with Crippen LogP contribution in [0.5, 0.6) is 0 Å². The van der Waals surface area contributed by atoms with Crippen LogP contribution >= 0.6 is 0 Å². The van der Waals surface area contributed by atoms with Gasteiger partial charge in [0.1, 0.15) is 9.52 Å². The van der Waals surface area contributed by atoms with E-state index in [1.54, 1.807) is 5.84 Å². The molecule has 5 heteroatoms. The minimum absolute atomic E-state index is 0.128. The Morgan fingerprint density at radius 2 is 2.00 bits per heavy atom. The van der Waals surface area contributed by atoms with Crippen LogP contribution in [0.4, 0.5) is 0 Å². The SMILES string of the molecule is C=[N+]=[N-].C[SiH2]C=[N+]=[N-]. The zero-order valence-corrected chi connectivity index (χ0v) is 6.19. The van der Waals surface area contributed by atoms with Gasteiger partial charge in [0.05, 0.1) is 0 Å². The molecule has 0 aliphatic carbocycles. The standard InChI is InChI=1S/C2H6N2Si.CH2N2/c1-5-2-4-3;1-3-2/h2H,5H2,1H3;1H2. The van der Waals surface area contributed by atoms with Crippen molar-refractivity contribution in [2.75, 3.05) is 0 Å². The Kier molecular flexibility index (Phi) is 21.0. The zero-order valence-electron chi connectivity index (χ0n) is 4.78. The van der Waals surface area contributed by atoms with Crippen molar-refractivity contribution in [3.8, 4) is 0 Å². The highest BCUT2D eigenvalue weighted by Crippen LogP contribution is 1.34. The Labute approximate surface area is 50.2 Å². The fourth-order valence-electron chi connectivity index (χ4n) is 0.0816. The lowest BCUT2D eigenvalue weighted by molar-refractivity contribution is 0.00739. The van der Waals surface area contributed by atoms with E-state index in [0.29, 0.717) is 0 Å². The van der Waals surface area contributed by atoms with Crippen LogP contribution in [-0.2, 0) is 0 Å². The minimum Gasteiger partial charge on any atom is -0.363 e. The van der Waals surface area contributed by atoms with Crippen LogP contribution in [0.1, 0.15) is 0 Å². The third-order valence-electron chi connectivity index (χ3n) is 0.264. The van der Waals surface area contributed by atoms with E-state index in [4.69, 9.17) is 11.1 Å². The molecule has 0 aliphatic rings. The molecule has 0 fully saturated rings. The molecule has 8 heavy (non-hydrogen) atoms. The maximum Gasteiger partial charge on any atom is 0.245 e. The van der Waals surface area contributed by atoms with E-state index < -0.39 is 0 Å². The first-order chi connectivity index (χ1) is 3.83. The average molecular weight is 128 g/mol. The topological polar surface area (TPSA) is 72.8 Å². The van der Waals surface area contributed by atoms with E-state index in [-0.39, 0.29) is 9.52 Å². The van der Waals surface area contributed by atoms with Gasteiger partial charge in [-0.1, -0.05) is 6.55 Å². The van der Waals surface area contributed by atoms with Crippen LogP contribution < -0.4 is 0 Å². The van der Waals surface area contributed by atoms with Crippen LogP contribution in [0.2, 0.25) is 6.55 Å². The zero-order chi connectivity index (χ0) is 6.83. The lowest BCUT2D eigenvalue weighted by Crippen LogP contribution is -1.79. The molecule has 0 bridgehead atoms. The summed E-state index contributed by atoms with van der Waals surface area (Å²) in [5, 5.41) is 0. The smallest absolute Gasteiger partial charge is 0.245 e. The summed E-state index contributed by atoms with van der Waals surface area (Å²) in [6.07, 6.45) is 0. The summed E-state index contributed by atoms with van der Waals surface area (Å²) in [6, 6.07) is 0. The molecule has 0 aliphatic heterocycles. The Balaban J connectivity index is 0. The van der Waals surface area contributed by atoms with Crippen molar-refractivity contribution in [2.24, 2.45) is 0 Å². The van der Waals surface area contributed by atoms with Crippen LogP contribution in [0.15, 0.2) is 0 Å². The Morgan fingerprint density at radius 3 is 2.00 bits per heavy atom. The van der Waals surface area contributed by atoms with E-state index in [2.05, 4.69) is 16.3 Å². The Hall–Kier alpha value is -1.02. The fraction of sp³-hybridized carbons (Fsp3) is 0.333. The van der Waals surface area contributed by atoms with Crippen LogP contribution in [0.3, 0.4) is 0 Å². The van der Waals surface area contributed by atoms with Gasteiger partial charge in [0.2, 0.25) is 12.6 Å². The Morgan fingerprint density at radius 1 is 1.62 bits per heavy atom. The van der Waals surface area contributed by atoms with Gasteiger partial charge in [-0.05, 0) is 0 Å². The number of nitrogens with zero attached hydrogens (tertiary/aromatic N) is 4. The van der Waals surface area contributed by atoms with Crippen LogP contribution in [0, 0.1) is 0 Å². The van der Waals surface area contributed by atoms with Crippen LogP contribution in [0.25, 0.3) is 11.1 Å². The van der Waals surface area contributed by atoms with Gasteiger partial charge in [0, 0.05) is 0 Å². The first kappa shape index (κ1) is 10.1. The molecule has 0 spiro atoms. The van der Waals surface area contributed by atoms with Gasteiger partial charge in [-0.15, -0.1) is 0 Å². The van der Waals surface area contributed by atoms with E-state index >= 15 is 0 Å². The molecular weight excluding hydrogens is 120 g/mol. The highest BCUT2D eigenvalue weighted by molar-refractivity contribution is 6.65. The van der Waals surface area contributed by atoms with E-state index in [1.165, 1.54) is 0 Å². The van der Waals surface area contributed by atoms with Gasteiger partial charge >= 0.3 is 0 Å². The first-order valence-corrected chi connectivity index (χ1v) is 4.32. The third kappa shape index (κ3) is 82.5. The van der Waals surface area contributed by atoms with Crippen molar-refractivity contribution in [3.63, 3.8) is 0 Å². The summed E-state index contributed by atoms with van der Waals surface area (Å²) in [5.41, 5.74) is 14.8. The van der Waals surface area contributed by atoms with Crippen molar-refractivity contribution >= 4 is 22.1 Å². The highest BCUT2D eigenvalue weighted by atomic mass is 28.2. The number of hydrogen-bond donors (Lipinski definition) is 0. The van der Waals surface area contributed by atoms with Crippen molar-refractivity contribution in [3.05, 3.63) is 11.1 Å². The van der Waals surface area contributed by atoms with Crippen molar-refractivity contribution in [2.45, 2.75) is 6.55 Å². The second kappa shape index (κ2) is 16.7. The molecule has 0 radical (unpaired) electrons. The molecule has 0 unspecified atom stereocenters. The Bertz CT molecular complexity index is 108. The minimum atomic E-state index is -0.128. The monoisotopic (exact) mass is 128 g/mol. The predicted molar refractivity (Wildman–Crippen MR) is 34.8 cm³/mol. The summed E-state index contributed by atoms with van der Waals surface area (Å²) >= 11 is 0. The van der Waals surface area contributed by atoms with Gasteiger partial charge < -0.3 is 11.1 Å². The quantitative estimate of drug-likeness (QED) is 0.195. The molecule has 44 valence electrons. The number of hydrogen-bond acceptors (Lipinski definition) is 0. The number of rotatable bonds is 1. The molecule has 0 N–H and O–H groups in total. The van der Waals surface area contributed by atoms with Crippen molar-refractivity contribution in [1.29, 1.82) is 0 Å². The molecule has 0 rings (SSSR count). The van der Waals surface area contributed by atoms with Crippen molar-refractivity contribution in [1.82, 2.24) is 0 Å². The molecule has 0 aromatic carbocycles. The highest BCUT2D eigenvalue weighted by Gasteiger charge is 1.64. The molecule has 0 heterocycles. The first-order valence-electron chi connectivity index (χ1n) is 2.09. The summed E-state index contributed by atoms with van der Waals surface area (Å²) in [4.78, 5) is 5.04. The van der Waals surface area contributed by atoms with Crippen LogP contribution in [-0.4, -0.2) is 31.7 Å². The normalized spacial score (nSPS) is 6.12. The van der Waals surface area contributed by atoms with Gasteiger partial charge in [0.25, 0.3) is 0 Å². The summed E-state index contributed by atoms with van der Waals surface area (Å²) in [7, 11) is -0.128. The molecule has 0 amide bonds. The van der Waals surface area contributed by atoms with E-state index in [0.717, 1.165) is 0 Å². The average Bonchev–Trinajstić information content (AvgIpc) is 1.71. The maximum atomic E-state index is 7.67. The summed E-state index contributed by atoms with van der Waals surface area (Å²) < 4.78 is 0. The van der Waals surface area contributed by atoms with Gasteiger partial charge in [-0.3, -0.25) is 0 Å². The van der Waals surface area contributed by atoms with E-state index in [9.17, 15) is 0 Å². The molecule has 0 saturated heterocycles. The summed E-state index contributed by atoms with van der Waals surface area (Å²) in [6.45, 7) is 4.71. The molecule has 0 aromatic heterocycles. The molecule has 4 nitrogen and oxygen atoms in total. The predicted octanol–water partition coefficient (Wildman–Crippen LogP) is -0.622. The maximum absolute atomic E-state index is 7.67. The van der Waals surface area contributed by atoms with Gasteiger partial charge in [0.15, 0.2) is 0 Å². The lowest BCUT2D eigenvalue weighted by Gasteiger charge is -1.47. The third-order valence-corrected chi connectivity index (χ3v) is 0.793. The van der Waals surface area contributed by atoms with E-state index in [1.807, 2.05) is 6.55 Å². The summed E-state index contributed by atoms with van der Waals surface area (Å²) in [5.74, 6) is 1.57. The second-order valence-corrected chi connectivity index (χ2v) is 2.03. The second-order valence-electron chi connectivity index (χ2n) is 0.848. The molecule has 0 aromatic rings. The van der Waals surface area contributed by atoms with Gasteiger partial charge in [-0.25, -0.2) is 0 Å². The van der Waals surface area contributed by atoms with Gasteiger partial charge in [-0.2, -0.15) is 9.58 Å². The van der Waals surface area contributed by atoms with Crippen molar-refractivity contribution < 1.29 is 9.58 Å². The molecule has 0 atom stereocenters. The molecular formula is C3H8N4Si.